The Hall–Kier alpha value is -1.16. The van der Waals surface area contributed by atoms with Crippen LogP contribution in [0.5, 0.6) is 0 Å². The molecule has 0 fully saturated rings. The largest absolute Gasteiger partial charge is 0.368 e. The Morgan fingerprint density at radius 2 is 2.12 bits per heavy atom. The second kappa shape index (κ2) is 5.96. The molecule has 0 aromatic carbocycles. The number of likely N-dealkylation sites (N-methyl/N-ethyl adjacent to an activating group) is 1. The summed E-state index contributed by atoms with van der Waals surface area (Å²) in [6.07, 6.45) is 1.87. The molecular formula is C13H23N3O. The molecule has 0 atom stereocenters. The minimum atomic E-state index is 0.172. The lowest BCUT2D eigenvalue weighted by molar-refractivity contribution is -0.116. The number of hydrogen-bond donors (Lipinski definition) is 1. The Balaban J connectivity index is 2.51. The maximum Gasteiger partial charge on any atom is 0.174 e. The fourth-order valence-corrected chi connectivity index (χ4v) is 1.49. The molecule has 0 bridgehead atoms. The molecule has 0 unspecified atom stereocenters. The second-order valence-corrected chi connectivity index (χ2v) is 5.10. The Bertz CT molecular complexity index is 343. The van der Waals surface area contributed by atoms with Crippen LogP contribution in [0.1, 0.15) is 27.7 Å². The van der Waals surface area contributed by atoms with E-state index >= 15 is 0 Å². The van der Waals surface area contributed by atoms with Gasteiger partial charge in [-0.3, -0.25) is 14.7 Å². The highest BCUT2D eigenvalue weighted by atomic mass is 16.1. The van der Waals surface area contributed by atoms with Crippen molar-refractivity contribution in [2.24, 2.45) is 4.99 Å². The van der Waals surface area contributed by atoms with E-state index in [1.165, 1.54) is 0 Å². The van der Waals surface area contributed by atoms with Gasteiger partial charge in [0, 0.05) is 17.7 Å². The molecule has 17 heavy (non-hydrogen) atoms. The molecule has 0 aliphatic carbocycles. The van der Waals surface area contributed by atoms with Gasteiger partial charge >= 0.3 is 0 Å². The number of nitrogens with zero attached hydrogens (tertiary/aromatic N) is 2. The van der Waals surface area contributed by atoms with Crippen LogP contribution in [0, 0.1) is 0 Å². The molecule has 0 amide bonds. The average molecular weight is 237 g/mol. The number of aliphatic imine (C=N–C) groups is 1. The van der Waals surface area contributed by atoms with E-state index in [2.05, 4.69) is 38.0 Å². The van der Waals surface area contributed by atoms with E-state index in [0.717, 1.165) is 11.4 Å². The predicted octanol–water partition coefficient (Wildman–Crippen LogP) is 1.23. The van der Waals surface area contributed by atoms with E-state index < -0.39 is 0 Å². The van der Waals surface area contributed by atoms with Gasteiger partial charge in [-0.25, -0.2) is 0 Å². The summed E-state index contributed by atoms with van der Waals surface area (Å²) in [6.45, 7) is 9.26. The van der Waals surface area contributed by atoms with E-state index in [9.17, 15) is 4.79 Å². The first-order chi connectivity index (χ1) is 7.90. The third kappa shape index (κ3) is 4.30. The number of Topliss-reactive ketones (excluding diaryl/α,β-unsaturated/α-hetero) is 1. The molecule has 0 aromatic rings. The van der Waals surface area contributed by atoms with Crippen molar-refractivity contribution in [2.45, 2.75) is 39.8 Å². The minimum absolute atomic E-state index is 0.172. The van der Waals surface area contributed by atoms with Gasteiger partial charge in [-0.1, -0.05) is 0 Å². The van der Waals surface area contributed by atoms with Crippen LogP contribution in [-0.4, -0.2) is 48.7 Å². The smallest absolute Gasteiger partial charge is 0.174 e. The zero-order valence-corrected chi connectivity index (χ0v) is 11.4. The zero-order valence-electron chi connectivity index (χ0n) is 11.4. The Morgan fingerprint density at radius 3 is 2.65 bits per heavy atom. The molecule has 1 aliphatic heterocycles. The number of amidine groups is 1. The van der Waals surface area contributed by atoms with Crippen LogP contribution in [0.2, 0.25) is 0 Å². The lowest BCUT2D eigenvalue weighted by atomic mass is 10.1. The van der Waals surface area contributed by atoms with Crippen molar-refractivity contribution in [2.75, 3.05) is 20.1 Å². The van der Waals surface area contributed by atoms with Gasteiger partial charge in [0.1, 0.15) is 5.84 Å². The number of carbonyl (C=O) groups excluding carboxylic acids is 1. The van der Waals surface area contributed by atoms with Gasteiger partial charge in [0.05, 0.1) is 13.1 Å². The van der Waals surface area contributed by atoms with Gasteiger partial charge in [-0.2, -0.15) is 0 Å². The zero-order chi connectivity index (χ0) is 13.0. The molecule has 1 rings (SSSR count). The van der Waals surface area contributed by atoms with Crippen molar-refractivity contribution >= 4 is 11.6 Å². The van der Waals surface area contributed by atoms with E-state index in [1.807, 2.05) is 18.0 Å². The van der Waals surface area contributed by atoms with Crippen molar-refractivity contribution in [1.29, 1.82) is 0 Å². The molecule has 4 nitrogen and oxygen atoms in total. The number of rotatable bonds is 5. The summed E-state index contributed by atoms with van der Waals surface area (Å²) in [4.78, 5) is 18.3. The van der Waals surface area contributed by atoms with Crippen LogP contribution < -0.4 is 5.32 Å². The molecule has 0 aromatic heterocycles. The molecule has 4 heteroatoms. The SMILES string of the molecule is CC(C)NC1=NCC(C(=O)CN(C)C(C)C)=C1. The summed E-state index contributed by atoms with van der Waals surface area (Å²) in [5.41, 5.74) is 0.806. The summed E-state index contributed by atoms with van der Waals surface area (Å²) in [7, 11) is 1.96. The van der Waals surface area contributed by atoms with Crippen LogP contribution in [0.3, 0.4) is 0 Å². The van der Waals surface area contributed by atoms with Crippen LogP contribution in [-0.2, 0) is 4.79 Å². The Kier molecular flexibility index (Phi) is 4.87. The molecule has 1 N–H and O–H groups in total. The highest BCUT2D eigenvalue weighted by molar-refractivity contribution is 6.07. The molecule has 0 radical (unpaired) electrons. The van der Waals surface area contributed by atoms with Crippen molar-refractivity contribution in [3.63, 3.8) is 0 Å². The normalized spacial score (nSPS) is 15.5. The Morgan fingerprint density at radius 1 is 1.47 bits per heavy atom. The molecule has 1 heterocycles. The van der Waals surface area contributed by atoms with Gasteiger partial charge in [-0.05, 0) is 40.8 Å². The first kappa shape index (κ1) is 13.9. The summed E-state index contributed by atoms with van der Waals surface area (Å²) >= 11 is 0. The fourth-order valence-electron chi connectivity index (χ4n) is 1.49. The lowest BCUT2D eigenvalue weighted by Gasteiger charge is -2.19. The molecular weight excluding hydrogens is 214 g/mol. The van der Waals surface area contributed by atoms with Crippen LogP contribution in [0.15, 0.2) is 16.6 Å². The van der Waals surface area contributed by atoms with Gasteiger partial charge < -0.3 is 5.32 Å². The van der Waals surface area contributed by atoms with Crippen molar-refractivity contribution in [3.05, 3.63) is 11.6 Å². The Labute approximate surface area is 104 Å². The maximum atomic E-state index is 12.0. The molecule has 96 valence electrons. The minimum Gasteiger partial charge on any atom is -0.368 e. The summed E-state index contributed by atoms with van der Waals surface area (Å²) in [5.74, 6) is 1.00. The lowest BCUT2D eigenvalue weighted by Crippen LogP contribution is -2.32. The van der Waals surface area contributed by atoms with Gasteiger partial charge in [-0.15, -0.1) is 0 Å². The summed E-state index contributed by atoms with van der Waals surface area (Å²) in [6, 6.07) is 0.730. The first-order valence-electron chi connectivity index (χ1n) is 6.15. The van der Waals surface area contributed by atoms with Crippen LogP contribution in [0.4, 0.5) is 0 Å². The monoisotopic (exact) mass is 237 g/mol. The van der Waals surface area contributed by atoms with Crippen molar-refractivity contribution in [1.82, 2.24) is 10.2 Å². The predicted molar refractivity (Wildman–Crippen MR) is 71.4 cm³/mol. The number of carbonyl (C=O) groups is 1. The maximum absolute atomic E-state index is 12.0. The molecule has 0 spiro atoms. The molecule has 0 saturated heterocycles. The van der Waals surface area contributed by atoms with Gasteiger partial charge in [0.2, 0.25) is 0 Å². The summed E-state index contributed by atoms with van der Waals surface area (Å²) in [5, 5.41) is 3.21. The number of ketones is 1. The second-order valence-electron chi connectivity index (χ2n) is 5.10. The van der Waals surface area contributed by atoms with Crippen molar-refractivity contribution in [3.8, 4) is 0 Å². The number of nitrogens with one attached hydrogen (secondary N) is 1. The van der Waals surface area contributed by atoms with Gasteiger partial charge in [0.25, 0.3) is 0 Å². The molecule has 0 saturated carbocycles. The third-order valence-corrected chi connectivity index (χ3v) is 2.80. The van der Waals surface area contributed by atoms with E-state index in [1.54, 1.807) is 0 Å². The van der Waals surface area contributed by atoms with Crippen molar-refractivity contribution < 1.29 is 4.79 Å². The first-order valence-corrected chi connectivity index (χ1v) is 6.15. The average Bonchev–Trinajstić information content (AvgIpc) is 2.64. The van der Waals surface area contributed by atoms with Gasteiger partial charge in [0.15, 0.2) is 5.78 Å². The fraction of sp³-hybridized carbons (Fsp3) is 0.692. The topological polar surface area (TPSA) is 44.7 Å². The quantitative estimate of drug-likeness (QED) is 0.782. The van der Waals surface area contributed by atoms with E-state index in [0.29, 0.717) is 25.2 Å². The number of hydrogen-bond acceptors (Lipinski definition) is 4. The van der Waals surface area contributed by atoms with Crippen LogP contribution in [0.25, 0.3) is 0 Å². The standard InChI is InChI=1S/C13H23N3O/c1-9(2)15-13-6-11(7-14-13)12(17)8-16(5)10(3)4/h6,9-10H,7-8H2,1-5H3,(H,14,15). The third-order valence-electron chi connectivity index (χ3n) is 2.80. The highest BCUT2D eigenvalue weighted by Crippen LogP contribution is 2.08. The van der Waals surface area contributed by atoms with Crippen LogP contribution >= 0.6 is 0 Å². The molecule has 1 aliphatic rings. The summed E-state index contributed by atoms with van der Waals surface area (Å²) < 4.78 is 0. The van der Waals surface area contributed by atoms with E-state index in [4.69, 9.17) is 0 Å². The van der Waals surface area contributed by atoms with E-state index in [-0.39, 0.29) is 5.78 Å². The highest BCUT2D eigenvalue weighted by Gasteiger charge is 2.18.